The van der Waals surface area contributed by atoms with Crippen molar-refractivity contribution in [2.24, 2.45) is 0 Å². The highest BCUT2D eigenvalue weighted by Gasteiger charge is 2.23. The molecule has 0 fully saturated rings. The number of carbonyl (C=O) groups excluding carboxylic acids is 4. The number of amides is 4. The molecule has 0 aromatic heterocycles. The molecule has 214 valence electrons. The number of anilines is 1. The van der Waals surface area contributed by atoms with E-state index in [1.165, 1.54) is 0 Å². The molecule has 1 aliphatic heterocycles. The molecule has 0 spiro atoms. The first-order valence-corrected chi connectivity index (χ1v) is 13.4. The molecule has 10 nitrogen and oxygen atoms in total. The first-order chi connectivity index (χ1) is 20.3. The largest absolute Gasteiger partial charge is 0.480 e. The Morgan fingerprint density at radius 2 is 1.36 bits per heavy atom. The Bertz CT molecular complexity index is 1540. The summed E-state index contributed by atoms with van der Waals surface area (Å²) >= 11 is 0. The van der Waals surface area contributed by atoms with Gasteiger partial charge in [0.05, 0.1) is 25.3 Å². The average Bonchev–Trinajstić information content (AvgIpc) is 2.99. The van der Waals surface area contributed by atoms with Gasteiger partial charge in [-0.25, -0.2) is 4.79 Å². The molecule has 10 heteroatoms. The number of benzene rings is 3. The fourth-order valence-corrected chi connectivity index (χ4v) is 4.37. The van der Waals surface area contributed by atoms with Crippen LogP contribution in [0.5, 0.6) is 0 Å². The predicted molar refractivity (Wildman–Crippen MR) is 155 cm³/mol. The Morgan fingerprint density at radius 1 is 0.738 bits per heavy atom. The van der Waals surface area contributed by atoms with E-state index < -0.39 is 42.8 Å². The molecule has 0 unspecified atom stereocenters. The predicted octanol–water partition coefficient (Wildman–Crippen LogP) is 1.76. The fourth-order valence-electron chi connectivity index (χ4n) is 4.37. The van der Waals surface area contributed by atoms with Gasteiger partial charge in [-0.3, -0.25) is 19.2 Å². The molecule has 42 heavy (non-hydrogen) atoms. The number of hydrogen-bond donors (Lipinski definition) is 4. The number of hydrogen-bond acceptors (Lipinski definition) is 5. The van der Waals surface area contributed by atoms with E-state index in [0.29, 0.717) is 17.8 Å². The maximum absolute atomic E-state index is 13.2. The van der Waals surface area contributed by atoms with E-state index in [4.69, 9.17) is 0 Å². The number of carbonyl (C=O) groups is 5. The molecule has 0 saturated heterocycles. The van der Waals surface area contributed by atoms with Crippen LogP contribution in [0.3, 0.4) is 0 Å². The van der Waals surface area contributed by atoms with Crippen molar-refractivity contribution < 1.29 is 29.1 Å². The standard InChI is InChI=1S/C32H30N4O6/c37-28(33-19-29(38)34-20-30(39)35-26(32(41)42)18-22-8-2-1-3-9-22)16-17-31(40)36-21-25-12-5-4-10-23(25)14-15-24-11-6-7-13-27(24)36/h1-13,26H,16-21H2,(H,33,37)(H,34,38)(H,35,39)(H,41,42)/t26-/m0/s1. The maximum Gasteiger partial charge on any atom is 0.326 e. The Morgan fingerprint density at radius 3 is 2.12 bits per heavy atom. The number of nitrogens with one attached hydrogen (secondary N) is 3. The third-order valence-corrected chi connectivity index (χ3v) is 6.55. The van der Waals surface area contributed by atoms with Crippen molar-refractivity contribution in [2.45, 2.75) is 31.8 Å². The zero-order valence-electron chi connectivity index (χ0n) is 22.8. The van der Waals surface area contributed by atoms with Crippen molar-refractivity contribution >= 4 is 35.3 Å². The molecule has 1 atom stereocenters. The molecule has 4 rings (SSSR count). The molecule has 0 bridgehead atoms. The number of fused-ring (bicyclic) bond motifs is 2. The van der Waals surface area contributed by atoms with Gasteiger partial charge in [0.15, 0.2) is 0 Å². The zero-order chi connectivity index (χ0) is 29.9. The van der Waals surface area contributed by atoms with Crippen molar-refractivity contribution in [2.75, 3.05) is 18.0 Å². The van der Waals surface area contributed by atoms with Crippen LogP contribution in [0.25, 0.3) is 0 Å². The second-order valence-corrected chi connectivity index (χ2v) is 9.61. The second kappa shape index (κ2) is 14.3. The summed E-state index contributed by atoms with van der Waals surface area (Å²) in [6, 6.07) is 22.6. The van der Waals surface area contributed by atoms with Gasteiger partial charge in [0, 0.05) is 30.4 Å². The number of carboxylic acid groups (broad SMARTS) is 1. The second-order valence-electron chi connectivity index (χ2n) is 9.61. The van der Waals surface area contributed by atoms with Gasteiger partial charge in [-0.1, -0.05) is 72.5 Å². The minimum atomic E-state index is -1.20. The monoisotopic (exact) mass is 566 g/mol. The van der Waals surface area contributed by atoms with Gasteiger partial charge in [-0.2, -0.15) is 0 Å². The van der Waals surface area contributed by atoms with Gasteiger partial charge in [-0.05, 0) is 29.3 Å². The highest BCUT2D eigenvalue weighted by molar-refractivity contribution is 5.97. The van der Waals surface area contributed by atoms with E-state index in [1.807, 2.05) is 48.5 Å². The Balaban J connectivity index is 1.23. The summed E-state index contributed by atoms with van der Waals surface area (Å²) in [6.45, 7) is -0.548. The molecular weight excluding hydrogens is 536 g/mol. The third-order valence-electron chi connectivity index (χ3n) is 6.55. The summed E-state index contributed by atoms with van der Waals surface area (Å²) in [5.41, 5.74) is 3.84. The molecule has 1 heterocycles. The van der Waals surface area contributed by atoms with Crippen LogP contribution in [-0.4, -0.2) is 53.8 Å². The third kappa shape index (κ3) is 8.29. The van der Waals surface area contributed by atoms with E-state index in [-0.39, 0.29) is 25.2 Å². The van der Waals surface area contributed by atoms with Crippen molar-refractivity contribution in [3.63, 3.8) is 0 Å². The van der Waals surface area contributed by atoms with Crippen molar-refractivity contribution in [1.82, 2.24) is 16.0 Å². The van der Waals surface area contributed by atoms with Gasteiger partial charge in [0.25, 0.3) is 0 Å². The molecule has 0 aliphatic carbocycles. The number of nitrogens with zero attached hydrogens (tertiary/aromatic N) is 1. The zero-order valence-corrected chi connectivity index (χ0v) is 22.8. The van der Waals surface area contributed by atoms with Crippen LogP contribution >= 0.6 is 0 Å². The average molecular weight is 567 g/mol. The molecular formula is C32H30N4O6. The number of carboxylic acids is 1. The lowest BCUT2D eigenvalue weighted by Gasteiger charge is -2.26. The van der Waals surface area contributed by atoms with Gasteiger partial charge in [0.2, 0.25) is 23.6 Å². The number of para-hydroxylation sites is 1. The van der Waals surface area contributed by atoms with Crippen molar-refractivity contribution in [1.29, 1.82) is 0 Å². The first kappa shape index (κ1) is 29.6. The summed E-state index contributed by atoms with van der Waals surface area (Å²) in [6.07, 6.45) is -0.135. The highest BCUT2D eigenvalue weighted by atomic mass is 16.4. The van der Waals surface area contributed by atoms with E-state index in [0.717, 1.165) is 16.7 Å². The van der Waals surface area contributed by atoms with Crippen LogP contribution in [0.4, 0.5) is 5.69 Å². The van der Waals surface area contributed by atoms with Crippen LogP contribution in [0.2, 0.25) is 0 Å². The smallest absolute Gasteiger partial charge is 0.326 e. The first-order valence-electron chi connectivity index (χ1n) is 13.4. The van der Waals surface area contributed by atoms with Gasteiger partial charge < -0.3 is 26.0 Å². The molecule has 4 amide bonds. The van der Waals surface area contributed by atoms with Crippen LogP contribution in [0.15, 0.2) is 78.9 Å². The molecule has 3 aromatic rings. The van der Waals surface area contributed by atoms with Gasteiger partial charge >= 0.3 is 5.97 Å². The summed E-state index contributed by atoms with van der Waals surface area (Å²) < 4.78 is 0. The number of aliphatic carboxylic acids is 1. The lowest BCUT2D eigenvalue weighted by molar-refractivity contribution is -0.141. The molecule has 3 aromatic carbocycles. The summed E-state index contributed by atoms with van der Waals surface area (Å²) in [5.74, 6) is 3.01. The van der Waals surface area contributed by atoms with Crippen LogP contribution in [0.1, 0.15) is 35.1 Å². The normalized spacial score (nSPS) is 12.1. The van der Waals surface area contributed by atoms with Crippen LogP contribution < -0.4 is 20.9 Å². The minimum absolute atomic E-state index is 0.0855. The van der Waals surface area contributed by atoms with E-state index in [9.17, 15) is 29.1 Å². The molecule has 1 aliphatic rings. The maximum atomic E-state index is 13.2. The van der Waals surface area contributed by atoms with Crippen molar-refractivity contribution in [3.05, 3.63) is 101 Å². The van der Waals surface area contributed by atoms with E-state index in [2.05, 4.69) is 27.8 Å². The van der Waals surface area contributed by atoms with Crippen LogP contribution in [0, 0.1) is 11.8 Å². The lowest BCUT2D eigenvalue weighted by atomic mass is 10.0. The Kier molecular flexibility index (Phi) is 10.0. The topological polar surface area (TPSA) is 145 Å². The quantitative estimate of drug-likeness (QED) is 0.260. The Labute approximate surface area is 243 Å². The van der Waals surface area contributed by atoms with E-state index in [1.54, 1.807) is 35.2 Å². The van der Waals surface area contributed by atoms with Gasteiger partial charge in [0.1, 0.15) is 6.04 Å². The lowest BCUT2D eigenvalue weighted by Crippen LogP contribution is -2.47. The molecule has 0 radical (unpaired) electrons. The fraction of sp³-hybridized carbons (Fsp3) is 0.219. The summed E-state index contributed by atoms with van der Waals surface area (Å²) in [4.78, 5) is 63.2. The summed E-state index contributed by atoms with van der Waals surface area (Å²) in [5, 5.41) is 16.6. The minimum Gasteiger partial charge on any atom is -0.480 e. The molecule has 4 N–H and O–H groups in total. The van der Waals surface area contributed by atoms with Gasteiger partial charge in [-0.15, -0.1) is 0 Å². The molecule has 0 saturated carbocycles. The van der Waals surface area contributed by atoms with Crippen molar-refractivity contribution in [3.8, 4) is 11.8 Å². The number of rotatable bonds is 11. The Hall–Kier alpha value is -5.43. The SMILES string of the molecule is O=C(CCC(=O)N1Cc2ccccc2C#Cc2ccccc21)NCC(=O)NCC(=O)N[C@@H](Cc1ccccc1)C(=O)O. The van der Waals surface area contributed by atoms with E-state index >= 15 is 0 Å². The van der Waals surface area contributed by atoms with Crippen LogP contribution in [-0.2, 0) is 36.9 Å². The highest BCUT2D eigenvalue weighted by Crippen LogP contribution is 2.26. The summed E-state index contributed by atoms with van der Waals surface area (Å²) in [7, 11) is 0.